The zero-order valence-electron chi connectivity index (χ0n) is 12.7. The Morgan fingerprint density at radius 2 is 1.85 bits per heavy atom. The summed E-state index contributed by atoms with van der Waals surface area (Å²) in [4.78, 5) is 2.28. The van der Waals surface area contributed by atoms with E-state index in [0.717, 1.165) is 37.2 Å². The Balaban J connectivity index is 2.43. The number of hydrogen-bond acceptors (Lipinski definition) is 4. The van der Waals surface area contributed by atoms with E-state index in [2.05, 4.69) is 18.7 Å². The van der Waals surface area contributed by atoms with Crippen molar-refractivity contribution in [1.29, 1.82) is 0 Å². The third-order valence-corrected chi connectivity index (χ3v) is 3.17. The lowest BCUT2D eigenvalue weighted by Crippen LogP contribution is -2.36. The molecule has 0 heterocycles. The number of nitrogens with zero attached hydrogens (tertiary/aromatic N) is 1. The predicted octanol–water partition coefficient (Wildman–Crippen LogP) is 2.01. The molecular weight excluding hydrogens is 252 g/mol. The van der Waals surface area contributed by atoms with Gasteiger partial charge in [0, 0.05) is 18.7 Å². The molecule has 4 nitrogen and oxygen atoms in total. The molecule has 0 aliphatic heterocycles. The molecule has 0 aromatic heterocycles. The van der Waals surface area contributed by atoms with Gasteiger partial charge in [-0.05, 0) is 32.0 Å². The monoisotopic (exact) mass is 280 g/mol. The minimum atomic E-state index is -0.473. The maximum atomic E-state index is 10.1. The molecule has 3 N–H and O–H groups in total. The third-order valence-electron chi connectivity index (χ3n) is 3.17. The molecular formula is C16H28N2O2. The Morgan fingerprint density at radius 1 is 1.20 bits per heavy atom. The Morgan fingerprint density at radius 3 is 2.45 bits per heavy atom. The van der Waals surface area contributed by atoms with Gasteiger partial charge in [-0.2, -0.15) is 0 Å². The number of ether oxygens (including phenoxy) is 1. The van der Waals surface area contributed by atoms with Crippen molar-refractivity contribution in [2.24, 2.45) is 5.73 Å². The fourth-order valence-corrected chi connectivity index (χ4v) is 2.28. The maximum absolute atomic E-state index is 10.1. The van der Waals surface area contributed by atoms with Crippen LogP contribution in [0.25, 0.3) is 0 Å². The quantitative estimate of drug-likeness (QED) is 0.688. The van der Waals surface area contributed by atoms with Crippen LogP contribution >= 0.6 is 0 Å². The summed E-state index contributed by atoms with van der Waals surface area (Å²) >= 11 is 0. The Bertz CT molecular complexity index is 365. The highest BCUT2D eigenvalue weighted by Crippen LogP contribution is 2.17. The van der Waals surface area contributed by atoms with Gasteiger partial charge in [0.2, 0.25) is 0 Å². The van der Waals surface area contributed by atoms with Crippen LogP contribution in [0.15, 0.2) is 24.3 Å². The summed E-state index contributed by atoms with van der Waals surface area (Å²) in [5.41, 5.74) is 6.64. The standard InChI is InChI=1S/C16H28N2O2/c1-3-9-18(10-4-2)12-15(19)13-20-16-8-6-5-7-14(16)11-17/h5-8,15,19H,3-4,9-13,17H2,1-2H3. The second kappa shape index (κ2) is 9.75. The van der Waals surface area contributed by atoms with Gasteiger partial charge in [-0.1, -0.05) is 32.0 Å². The number of benzene rings is 1. The first kappa shape index (κ1) is 17.0. The van der Waals surface area contributed by atoms with Gasteiger partial charge in [-0.25, -0.2) is 0 Å². The zero-order chi connectivity index (χ0) is 14.8. The van der Waals surface area contributed by atoms with Gasteiger partial charge in [0.15, 0.2) is 0 Å². The van der Waals surface area contributed by atoms with Crippen LogP contribution in [0.3, 0.4) is 0 Å². The maximum Gasteiger partial charge on any atom is 0.123 e. The van der Waals surface area contributed by atoms with E-state index in [1.165, 1.54) is 0 Å². The highest BCUT2D eigenvalue weighted by molar-refractivity contribution is 5.32. The summed E-state index contributed by atoms with van der Waals surface area (Å²) in [6.07, 6.45) is 1.73. The van der Waals surface area contributed by atoms with Crippen molar-refractivity contribution in [3.8, 4) is 5.75 Å². The molecule has 0 bridgehead atoms. The minimum Gasteiger partial charge on any atom is -0.491 e. The van der Waals surface area contributed by atoms with Gasteiger partial charge < -0.3 is 20.5 Å². The zero-order valence-corrected chi connectivity index (χ0v) is 12.7. The van der Waals surface area contributed by atoms with Crippen molar-refractivity contribution in [2.75, 3.05) is 26.2 Å². The van der Waals surface area contributed by atoms with E-state index in [1.54, 1.807) is 0 Å². The van der Waals surface area contributed by atoms with Crippen molar-refractivity contribution in [3.05, 3.63) is 29.8 Å². The topological polar surface area (TPSA) is 58.7 Å². The molecule has 0 spiro atoms. The van der Waals surface area contributed by atoms with E-state index in [9.17, 15) is 5.11 Å². The van der Waals surface area contributed by atoms with Crippen LogP contribution in [0, 0.1) is 0 Å². The van der Waals surface area contributed by atoms with Gasteiger partial charge in [0.05, 0.1) is 0 Å². The summed E-state index contributed by atoms with van der Waals surface area (Å²) < 4.78 is 5.69. The lowest BCUT2D eigenvalue weighted by Gasteiger charge is -2.24. The number of hydrogen-bond donors (Lipinski definition) is 2. The first-order chi connectivity index (χ1) is 9.71. The minimum absolute atomic E-state index is 0.306. The van der Waals surface area contributed by atoms with Crippen LogP contribution in [-0.4, -0.2) is 42.4 Å². The van der Waals surface area contributed by atoms with Gasteiger partial charge in [-0.3, -0.25) is 0 Å². The first-order valence-corrected chi connectivity index (χ1v) is 7.52. The van der Waals surface area contributed by atoms with E-state index in [4.69, 9.17) is 10.5 Å². The van der Waals surface area contributed by atoms with Crippen LogP contribution in [0.2, 0.25) is 0 Å². The van der Waals surface area contributed by atoms with Crippen molar-refractivity contribution < 1.29 is 9.84 Å². The molecule has 1 atom stereocenters. The van der Waals surface area contributed by atoms with E-state index in [1.807, 2.05) is 24.3 Å². The molecule has 0 saturated heterocycles. The van der Waals surface area contributed by atoms with Crippen LogP contribution in [-0.2, 0) is 6.54 Å². The fraction of sp³-hybridized carbons (Fsp3) is 0.625. The van der Waals surface area contributed by atoms with Gasteiger partial charge >= 0.3 is 0 Å². The largest absolute Gasteiger partial charge is 0.491 e. The number of para-hydroxylation sites is 1. The molecule has 1 aromatic rings. The second-order valence-electron chi connectivity index (χ2n) is 5.08. The van der Waals surface area contributed by atoms with Gasteiger partial charge in [0.25, 0.3) is 0 Å². The van der Waals surface area contributed by atoms with Crippen molar-refractivity contribution in [2.45, 2.75) is 39.3 Å². The Hall–Kier alpha value is -1.10. The molecule has 0 amide bonds. The normalized spacial score (nSPS) is 12.7. The molecule has 0 radical (unpaired) electrons. The predicted molar refractivity (Wildman–Crippen MR) is 82.9 cm³/mol. The number of aliphatic hydroxyl groups is 1. The number of nitrogens with two attached hydrogens (primary N) is 1. The molecule has 114 valence electrons. The van der Waals surface area contributed by atoms with E-state index < -0.39 is 6.10 Å². The molecule has 4 heteroatoms. The van der Waals surface area contributed by atoms with Crippen LogP contribution in [0.4, 0.5) is 0 Å². The van der Waals surface area contributed by atoms with Crippen LogP contribution < -0.4 is 10.5 Å². The average Bonchev–Trinajstić information content (AvgIpc) is 2.46. The highest BCUT2D eigenvalue weighted by atomic mass is 16.5. The van der Waals surface area contributed by atoms with Crippen molar-refractivity contribution in [3.63, 3.8) is 0 Å². The highest BCUT2D eigenvalue weighted by Gasteiger charge is 2.12. The third kappa shape index (κ3) is 5.90. The van der Waals surface area contributed by atoms with Crippen LogP contribution in [0.5, 0.6) is 5.75 Å². The summed E-state index contributed by atoms with van der Waals surface area (Å²) in [5.74, 6) is 0.770. The van der Waals surface area contributed by atoms with E-state index >= 15 is 0 Å². The van der Waals surface area contributed by atoms with Crippen LogP contribution in [0.1, 0.15) is 32.3 Å². The molecule has 1 aromatic carbocycles. The Kier molecular flexibility index (Phi) is 8.26. The summed E-state index contributed by atoms with van der Waals surface area (Å²) in [7, 11) is 0. The smallest absolute Gasteiger partial charge is 0.123 e. The average molecular weight is 280 g/mol. The molecule has 0 aliphatic carbocycles. The fourth-order valence-electron chi connectivity index (χ4n) is 2.28. The molecule has 0 saturated carbocycles. The molecule has 1 rings (SSSR count). The summed E-state index contributed by atoms with van der Waals surface area (Å²) in [6, 6.07) is 7.70. The molecule has 20 heavy (non-hydrogen) atoms. The van der Waals surface area contributed by atoms with Gasteiger partial charge in [0.1, 0.15) is 18.5 Å². The van der Waals surface area contributed by atoms with Crippen molar-refractivity contribution in [1.82, 2.24) is 4.90 Å². The molecule has 1 unspecified atom stereocenters. The SMILES string of the molecule is CCCN(CCC)CC(O)COc1ccccc1CN. The first-order valence-electron chi connectivity index (χ1n) is 7.52. The van der Waals surface area contributed by atoms with Gasteiger partial charge in [-0.15, -0.1) is 0 Å². The molecule has 0 aliphatic rings. The molecule has 0 fully saturated rings. The Labute approximate surface area is 122 Å². The lowest BCUT2D eigenvalue weighted by atomic mass is 10.2. The van der Waals surface area contributed by atoms with E-state index in [-0.39, 0.29) is 0 Å². The van der Waals surface area contributed by atoms with E-state index in [0.29, 0.717) is 19.7 Å². The number of rotatable bonds is 10. The van der Waals surface area contributed by atoms with Crippen molar-refractivity contribution >= 4 is 0 Å². The summed E-state index contributed by atoms with van der Waals surface area (Å²) in [5, 5.41) is 10.1. The lowest BCUT2D eigenvalue weighted by molar-refractivity contribution is 0.0678. The second-order valence-corrected chi connectivity index (χ2v) is 5.08. The summed E-state index contributed by atoms with van der Waals surface area (Å²) in [6.45, 7) is 7.76. The number of aliphatic hydroxyl groups excluding tert-OH is 1.